The number of aromatic nitrogens is 1. The van der Waals surface area contributed by atoms with Gasteiger partial charge in [-0.2, -0.15) is 0 Å². The molecule has 8 heteroatoms. The SMILES string of the molecule is COc1cccc(N2CCN(C(=O)C3(c4cc(-c5ccc(OC)c(OC)c5)on4)CC3)CC2)c1. The van der Waals surface area contributed by atoms with Gasteiger partial charge in [0.15, 0.2) is 17.3 Å². The molecule has 1 aliphatic heterocycles. The predicted molar refractivity (Wildman–Crippen MR) is 128 cm³/mol. The second kappa shape index (κ2) is 8.93. The van der Waals surface area contributed by atoms with Crippen LogP contribution in [0.25, 0.3) is 11.3 Å². The standard InChI is InChI=1S/C26H29N3O5/c1-31-20-6-4-5-19(16-20)28-11-13-29(14-12-28)25(30)26(9-10-26)24-17-22(34-27-24)18-7-8-21(32-2)23(15-18)33-3/h4-8,15-17H,9-14H2,1-3H3. The first kappa shape index (κ1) is 22.1. The zero-order valence-corrected chi connectivity index (χ0v) is 19.7. The molecule has 0 radical (unpaired) electrons. The Balaban J connectivity index is 1.28. The number of piperazine rings is 1. The van der Waals surface area contributed by atoms with Crippen molar-refractivity contribution in [2.75, 3.05) is 52.4 Å². The van der Waals surface area contributed by atoms with Crippen LogP contribution in [0.5, 0.6) is 17.2 Å². The number of nitrogens with zero attached hydrogens (tertiary/aromatic N) is 3. The van der Waals surface area contributed by atoms with E-state index in [1.807, 2.05) is 47.4 Å². The average Bonchev–Trinajstić information content (AvgIpc) is 3.56. The second-order valence-corrected chi connectivity index (χ2v) is 8.71. The van der Waals surface area contributed by atoms with Crippen molar-refractivity contribution in [3.63, 3.8) is 0 Å². The molecule has 5 rings (SSSR count). The van der Waals surface area contributed by atoms with Crippen molar-refractivity contribution in [1.29, 1.82) is 0 Å². The Morgan fingerprint density at radius 2 is 1.68 bits per heavy atom. The number of carbonyl (C=O) groups is 1. The number of hydrogen-bond donors (Lipinski definition) is 0. The maximum absolute atomic E-state index is 13.5. The predicted octanol–water partition coefficient (Wildman–Crippen LogP) is 3.75. The van der Waals surface area contributed by atoms with Gasteiger partial charge in [0.05, 0.1) is 32.4 Å². The maximum Gasteiger partial charge on any atom is 0.235 e. The molecule has 34 heavy (non-hydrogen) atoms. The Labute approximate surface area is 199 Å². The van der Waals surface area contributed by atoms with Gasteiger partial charge < -0.3 is 28.5 Å². The van der Waals surface area contributed by atoms with Crippen molar-refractivity contribution in [2.45, 2.75) is 18.3 Å². The molecule has 0 bridgehead atoms. The van der Waals surface area contributed by atoms with Crippen molar-refractivity contribution >= 4 is 11.6 Å². The summed E-state index contributed by atoms with van der Waals surface area (Å²) in [4.78, 5) is 17.8. The van der Waals surface area contributed by atoms with E-state index in [4.69, 9.17) is 18.7 Å². The number of hydrogen-bond acceptors (Lipinski definition) is 7. The number of amides is 1. The first-order valence-electron chi connectivity index (χ1n) is 11.5. The van der Waals surface area contributed by atoms with Gasteiger partial charge in [-0.3, -0.25) is 4.79 Å². The van der Waals surface area contributed by atoms with Gasteiger partial charge in [0.1, 0.15) is 5.75 Å². The molecule has 8 nitrogen and oxygen atoms in total. The van der Waals surface area contributed by atoms with Crippen LogP contribution in [-0.2, 0) is 10.2 Å². The summed E-state index contributed by atoms with van der Waals surface area (Å²) in [6, 6.07) is 15.5. The van der Waals surface area contributed by atoms with Gasteiger partial charge in [0, 0.05) is 49.6 Å². The molecule has 1 aliphatic carbocycles. The summed E-state index contributed by atoms with van der Waals surface area (Å²) in [5, 5.41) is 4.30. The molecule has 1 aromatic heterocycles. The monoisotopic (exact) mass is 463 g/mol. The first-order valence-corrected chi connectivity index (χ1v) is 11.5. The number of benzene rings is 2. The molecule has 0 N–H and O–H groups in total. The third-order valence-electron chi connectivity index (χ3n) is 6.81. The summed E-state index contributed by atoms with van der Waals surface area (Å²) in [6.07, 6.45) is 1.58. The van der Waals surface area contributed by atoms with Crippen LogP contribution in [0.1, 0.15) is 18.5 Å². The third kappa shape index (κ3) is 3.93. The summed E-state index contributed by atoms with van der Waals surface area (Å²) in [5.74, 6) is 2.85. The van der Waals surface area contributed by atoms with Crippen LogP contribution in [-0.4, -0.2) is 63.5 Å². The summed E-state index contributed by atoms with van der Waals surface area (Å²) < 4.78 is 21.7. The topological polar surface area (TPSA) is 77.3 Å². The lowest BCUT2D eigenvalue weighted by Crippen LogP contribution is -2.51. The van der Waals surface area contributed by atoms with Gasteiger partial charge >= 0.3 is 0 Å². The zero-order chi connectivity index (χ0) is 23.7. The largest absolute Gasteiger partial charge is 0.497 e. The van der Waals surface area contributed by atoms with Gasteiger partial charge in [-0.25, -0.2) is 0 Å². The molecular weight excluding hydrogens is 434 g/mol. The number of ether oxygens (including phenoxy) is 3. The highest BCUT2D eigenvalue weighted by Crippen LogP contribution is 2.50. The minimum Gasteiger partial charge on any atom is -0.497 e. The molecule has 1 saturated heterocycles. The lowest BCUT2D eigenvalue weighted by molar-refractivity contribution is -0.134. The van der Waals surface area contributed by atoms with Gasteiger partial charge in [0.2, 0.25) is 5.91 Å². The maximum atomic E-state index is 13.5. The first-order chi connectivity index (χ1) is 16.6. The van der Waals surface area contributed by atoms with Crippen molar-refractivity contribution in [3.8, 4) is 28.6 Å². The van der Waals surface area contributed by atoms with Crippen LogP contribution in [0, 0.1) is 0 Å². The summed E-state index contributed by atoms with van der Waals surface area (Å²) in [7, 11) is 4.87. The van der Waals surface area contributed by atoms with E-state index in [0.29, 0.717) is 36.0 Å². The highest BCUT2D eigenvalue weighted by atomic mass is 16.5. The second-order valence-electron chi connectivity index (χ2n) is 8.71. The normalized spacial score (nSPS) is 16.8. The Bertz CT molecular complexity index is 1180. The highest BCUT2D eigenvalue weighted by Gasteiger charge is 2.55. The molecule has 2 fully saturated rings. The molecule has 0 spiro atoms. The average molecular weight is 464 g/mol. The van der Waals surface area contributed by atoms with E-state index in [2.05, 4.69) is 16.1 Å². The van der Waals surface area contributed by atoms with E-state index >= 15 is 0 Å². The Kier molecular flexibility index (Phi) is 5.81. The fourth-order valence-electron chi connectivity index (χ4n) is 4.61. The van der Waals surface area contributed by atoms with Crippen LogP contribution in [0.15, 0.2) is 53.1 Å². The van der Waals surface area contributed by atoms with Crippen molar-refractivity contribution in [2.24, 2.45) is 0 Å². The quantitative estimate of drug-likeness (QED) is 0.528. The van der Waals surface area contributed by atoms with E-state index in [1.165, 1.54) is 0 Å². The van der Waals surface area contributed by atoms with E-state index in [-0.39, 0.29) is 5.91 Å². The van der Waals surface area contributed by atoms with Crippen LogP contribution < -0.4 is 19.1 Å². The molecule has 2 heterocycles. The van der Waals surface area contributed by atoms with E-state index in [1.54, 1.807) is 21.3 Å². The Hall–Kier alpha value is -3.68. The molecular formula is C26H29N3O5. The smallest absolute Gasteiger partial charge is 0.235 e. The van der Waals surface area contributed by atoms with Crippen LogP contribution in [0.3, 0.4) is 0 Å². The third-order valence-corrected chi connectivity index (χ3v) is 6.81. The molecule has 1 amide bonds. The molecule has 1 saturated carbocycles. The molecule has 0 unspecified atom stereocenters. The van der Waals surface area contributed by atoms with Crippen LogP contribution in [0.4, 0.5) is 5.69 Å². The van der Waals surface area contributed by atoms with Gasteiger partial charge in [-0.1, -0.05) is 11.2 Å². The molecule has 0 atom stereocenters. The minimum absolute atomic E-state index is 0.143. The van der Waals surface area contributed by atoms with E-state index in [0.717, 1.165) is 42.9 Å². The Morgan fingerprint density at radius 3 is 2.35 bits per heavy atom. The number of methoxy groups -OCH3 is 3. The van der Waals surface area contributed by atoms with Crippen LogP contribution in [0.2, 0.25) is 0 Å². The van der Waals surface area contributed by atoms with Gasteiger partial charge in [0.25, 0.3) is 0 Å². The summed E-state index contributed by atoms with van der Waals surface area (Å²) in [5.41, 5.74) is 2.07. The van der Waals surface area contributed by atoms with Gasteiger partial charge in [-0.15, -0.1) is 0 Å². The van der Waals surface area contributed by atoms with Crippen molar-refractivity contribution < 1.29 is 23.5 Å². The fourth-order valence-corrected chi connectivity index (χ4v) is 4.61. The minimum atomic E-state index is -0.573. The molecule has 2 aromatic carbocycles. The lowest BCUT2D eigenvalue weighted by atomic mass is 9.99. The molecule has 178 valence electrons. The number of anilines is 1. The van der Waals surface area contributed by atoms with Crippen molar-refractivity contribution in [3.05, 3.63) is 54.2 Å². The fraction of sp³-hybridized carbons (Fsp3) is 0.385. The zero-order valence-electron chi connectivity index (χ0n) is 19.7. The summed E-state index contributed by atoms with van der Waals surface area (Å²) in [6.45, 7) is 2.92. The highest BCUT2D eigenvalue weighted by molar-refractivity contribution is 5.91. The van der Waals surface area contributed by atoms with Gasteiger partial charge in [-0.05, 0) is 43.2 Å². The molecule has 2 aliphatic rings. The lowest BCUT2D eigenvalue weighted by Gasteiger charge is -2.37. The van der Waals surface area contributed by atoms with Crippen LogP contribution >= 0.6 is 0 Å². The van der Waals surface area contributed by atoms with Crippen molar-refractivity contribution in [1.82, 2.24) is 10.1 Å². The number of rotatable bonds is 7. The number of carbonyl (C=O) groups excluding carboxylic acids is 1. The summed E-state index contributed by atoms with van der Waals surface area (Å²) >= 11 is 0. The Morgan fingerprint density at radius 1 is 0.912 bits per heavy atom. The van der Waals surface area contributed by atoms with E-state index < -0.39 is 5.41 Å². The molecule has 3 aromatic rings. The van der Waals surface area contributed by atoms with E-state index in [9.17, 15) is 4.79 Å².